The molecule has 9 heteroatoms. The van der Waals surface area contributed by atoms with Crippen molar-refractivity contribution in [2.24, 2.45) is 0 Å². The topological polar surface area (TPSA) is 111 Å². The van der Waals surface area contributed by atoms with Gasteiger partial charge in [-0.25, -0.2) is 0 Å². The first-order valence-electron chi connectivity index (χ1n) is 7.93. The molecule has 2 aliphatic rings. The number of hydrogen-bond donors (Lipinski definition) is 1. The number of nitrogen functional groups attached to an aromatic ring is 1. The summed E-state index contributed by atoms with van der Waals surface area (Å²) in [7, 11) is 0. The predicted octanol–water partition coefficient (Wildman–Crippen LogP) is 1.18. The molecule has 2 aliphatic heterocycles. The molecule has 2 saturated heterocycles. The molecule has 9 nitrogen and oxygen atoms in total. The molecule has 3 rings (SSSR count). The number of aromatic nitrogens is 2. The van der Waals surface area contributed by atoms with Gasteiger partial charge in [0.25, 0.3) is 0 Å². The van der Waals surface area contributed by atoms with Crippen LogP contribution in [0, 0.1) is 10.1 Å². The van der Waals surface area contributed by atoms with E-state index < -0.39 is 4.92 Å². The van der Waals surface area contributed by atoms with Crippen LogP contribution in [0.1, 0.15) is 26.7 Å². The van der Waals surface area contributed by atoms with E-state index in [0.29, 0.717) is 24.9 Å². The highest BCUT2D eigenvalue weighted by molar-refractivity contribution is 5.71. The summed E-state index contributed by atoms with van der Waals surface area (Å²) >= 11 is 0. The van der Waals surface area contributed by atoms with Gasteiger partial charge in [0.2, 0.25) is 17.6 Å². The van der Waals surface area contributed by atoms with Crippen molar-refractivity contribution in [3.8, 4) is 0 Å². The highest BCUT2D eigenvalue weighted by atomic mass is 16.6. The molecule has 0 aliphatic carbocycles. The maximum absolute atomic E-state index is 11.5. The van der Waals surface area contributed by atoms with Crippen LogP contribution >= 0.6 is 0 Å². The Morgan fingerprint density at radius 3 is 2.35 bits per heavy atom. The lowest BCUT2D eigenvalue weighted by Gasteiger charge is -2.36. The molecular weight excluding hydrogens is 300 g/mol. The van der Waals surface area contributed by atoms with E-state index in [-0.39, 0.29) is 23.7 Å². The Kier molecular flexibility index (Phi) is 4.20. The Labute approximate surface area is 134 Å². The van der Waals surface area contributed by atoms with E-state index in [1.54, 1.807) is 0 Å². The zero-order valence-corrected chi connectivity index (χ0v) is 13.4. The molecule has 126 valence electrons. The van der Waals surface area contributed by atoms with Gasteiger partial charge in [0.1, 0.15) is 0 Å². The van der Waals surface area contributed by atoms with Crippen LogP contribution < -0.4 is 15.5 Å². The van der Waals surface area contributed by atoms with Gasteiger partial charge >= 0.3 is 5.69 Å². The summed E-state index contributed by atoms with van der Waals surface area (Å²) in [5.74, 6) is 0.701. The van der Waals surface area contributed by atoms with Gasteiger partial charge in [0, 0.05) is 26.2 Å². The lowest BCUT2D eigenvalue weighted by molar-refractivity contribution is -0.383. The largest absolute Gasteiger partial charge is 0.378 e. The third kappa shape index (κ3) is 3.14. The molecule has 1 aromatic heterocycles. The summed E-state index contributed by atoms with van der Waals surface area (Å²) in [6.45, 7) is 6.68. The fraction of sp³-hybridized carbons (Fsp3) is 0.714. The van der Waals surface area contributed by atoms with Crippen LogP contribution in [0.2, 0.25) is 0 Å². The van der Waals surface area contributed by atoms with Crippen LogP contribution in [0.3, 0.4) is 0 Å². The Morgan fingerprint density at radius 1 is 1.17 bits per heavy atom. The van der Waals surface area contributed by atoms with E-state index in [1.165, 1.54) is 0 Å². The highest BCUT2D eigenvalue weighted by Crippen LogP contribution is 2.34. The number of morpholine rings is 1. The van der Waals surface area contributed by atoms with E-state index in [2.05, 4.69) is 9.97 Å². The number of ether oxygens (including phenoxy) is 1. The van der Waals surface area contributed by atoms with Crippen molar-refractivity contribution in [3.05, 3.63) is 10.1 Å². The summed E-state index contributed by atoms with van der Waals surface area (Å²) < 4.78 is 5.70. The second-order valence-electron chi connectivity index (χ2n) is 6.19. The number of anilines is 3. The van der Waals surface area contributed by atoms with Crippen LogP contribution in [-0.2, 0) is 4.74 Å². The normalized spacial score (nSPS) is 25.0. The fourth-order valence-corrected chi connectivity index (χ4v) is 3.25. The highest BCUT2D eigenvalue weighted by Gasteiger charge is 2.33. The number of nitrogens with two attached hydrogens (primary N) is 1. The molecule has 0 spiro atoms. The first-order valence-corrected chi connectivity index (χ1v) is 7.93. The summed E-state index contributed by atoms with van der Waals surface area (Å²) in [5.41, 5.74) is 5.68. The molecule has 2 atom stereocenters. The number of nitrogens with zero attached hydrogens (tertiary/aromatic N) is 5. The number of hydrogen-bond acceptors (Lipinski definition) is 8. The Hall–Kier alpha value is -2.16. The second-order valence-corrected chi connectivity index (χ2v) is 6.19. The van der Waals surface area contributed by atoms with E-state index in [4.69, 9.17) is 10.5 Å². The summed E-state index contributed by atoms with van der Waals surface area (Å²) in [4.78, 5) is 23.5. The zero-order valence-electron chi connectivity index (χ0n) is 13.4. The van der Waals surface area contributed by atoms with Gasteiger partial charge in [-0.2, -0.15) is 9.97 Å². The first-order chi connectivity index (χ1) is 11.0. The van der Waals surface area contributed by atoms with Crippen molar-refractivity contribution in [2.45, 2.75) is 38.9 Å². The Bertz CT molecular complexity index is 594. The van der Waals surface area contributed by atoms with Gasteiger partial charge < -0.3 is 20.3 Å². The molecule has 0 radical (unpaired) electrons. The third-order valence-electron chi connectivity index (χ3n) is 4.17. The van der Waals surface area contributed by atoms with Gasteiger partial charge in [0.15, 0.2) is 0 Å². The van der Waals surface area contributed by atoms with E-state index in [9.17, 15) is 10.1 Å². The standard InChI is InChI=1S/C14H22N6O3/c1-9-7-19(8-10(2)23-9)13-11(20(21)22)12(15)16-14(17-13)18-5-3-4-6-18/h9-10H,3-8H2,1-2H3,(H2,15,16,17)/t9-,10-/m0/s1. The first kappa shape index (κ1) is 15.7. The third-order valence-corrected chi connectivity index (χ3v) is 4.17. The van der Waals surface area contributed by atoms with E-state index in [1.807, 2.05) is 23.6 Å². The van der Waals surface area contributed by atoms with Crippen LogP contribution in [0.25, 0.3) is 0 Å². The zero-order chi connectivity index (χ0) is 16.6. The summed E-state index contributed by atoms with van der Waals surface area (Å²) in [5, 5.41) is 11.5. The fourth-order valence-electron chi connectivity index (χ4n) is 3.25. The smallest absolute Gasteiger partial charge is 0.353 e. The van der Waals surface area contributed by atoms with Crippen molar-refractivity contribution in [1.82, 2.24) is 9.97 Å². The minimum atomic E-state index is -0.497. The minimum absolute atomic E-state index is 0.0234. The molecule has 0 saturated carbocycles. The average molecular weight is 322 g/mol. The summed E-state index contributed by atoms with van der Waals surface area (Å²) in [6.07, 6.45) is 2.09. The summed E-state index contributed by atoms with van der Waals surface area (Å²) in [6, 6.07) is 0. The van der Waals surface area contributed by atoms with Crippen molar-refractivity contribution in [3.63, 3.8) is 0 Å². The minimum Gasteiger partial charge on any atom is -0.378 e. The maximum Gasteiger partial charge on any atom is 0.353 e. The van der Waals surface area contributed by atoms with E-state index >= 15 is 0 Å². The van der Waals surface area contributed by atoms with Gasteiger partial charge in [-0.05, 0) is 26.7 Å². The SMILES string of the molecule is C[C@H]1CN(c2nc(N3CCCC3)nc(N)c2[N+](=O)[O-])C[C@H](C)O1. The quantitative estimate of drug-likeness (QED) is 0.652. The Morgan fingerprint density at radius 2 is 1.78 bits per heavy atom. The van der Waals surface area contributed by atoms with E-state index in [0.717, 1.165) is 25.9 Å². The maximum atomic E-state index is 11.5. The molecule has 2 N–H and O–H groups in total. The monoisotopic (exact) mass is 322 g/mol. The number of rotatable bonds is 3. The van der Waals surface area contributed by atoms with Gasteiger partial charge in [-0.15, -0.1) is 0 Å². The lowest BCUT2D eigenvalue weighted by atomic mass is 10.2. The van der Waals surface area contributed by atoms with Crippen molar-refractivity contribution < 1.29 is 9.66 Å². The molecule has 0 amide bonds. The van der Waals surface area contributed by atoms with Crippen LogP contribution in [0.4, 0.5) is 23.3 Å². The molecule has 2 fully saturated rings. The number of nitro groups is 1. The molecule has 3 heterocycles. The van der Waals surface area contributed by atoms with Gasteiger partial charge in [-0.3, -0.25) is 10.1 Å². The molecular formula is C14H22N6O3. The second kappa shape index (κ2) is 6.15. The van der Waals surface area contributed by atoms with Gasteiger partial charge in [0.05, 0.1) is 17.1 Å². The van der Waals surface area contributed by atoms with Crippen molar-refractivity contribution >= 4 is 23.3 Å². The van der Waals surface area contributed by atoms with Crippen molar-refractivity contribution in [1.29, 1.82) is 0 Å². The molecule has 0 aromatic carbocycles. The molecule has 23 heavy (non-hydrogen) atoms. The lowest BCUT2D eigenvalue weighted by Crippen LogP contribution is -2.46. The predicted molar refractivity (Wildman–Crippen MR) is 86.8 cm³/mol. The molecule has 0 unspecified atom stereocenters. The van der Waals surface area contributed by atoms with Crippen LogP contribution in [-0.4, -0.2) is 53.3 Å². The average Bonchev–Trinajstić information content (AvgIpc) is 2.99. The molecule has 0 bridgehead atoms. The van der Waals surface area contributed by atoms with Gasteiger partial charge in [-0.1, -0.05) is 0 Å². The molecule has 1 aromatic rings. The van der Waals surface area contributed by atoms with Crippen LogP contribution in [0.5, 0.6) is 0 Å². The van der Waals surface area contributed by atoms with Crippen LogP contribution in [0.15, 0.2) is 0 Å². The Balaban J connectivity index is 2.02. The van der Waals surface area contributed by atoms with Crippen molar-refractivity contribution in [2.75, 3.05) is 41.7 Å².